The van der Waals surface area contributed by atoms with E-state index in [1.807, 2.05) is 6.92 Å². The number of nitrogens with one attached hydrogen (secondary N) is 2. The van der Waals surface area contributed by atoms with E-state index in [4.69, 9.17) is 11.6 Å². The van der Waals surface area contributed by atoms with Crippen LogP contribution >= 0.6 is 11.6 Å². The summed E-state index contributed by atoms with van der Waals surface area (Å²) in [5.41, 5.74) is -0.0711. The summed E-state index contributed by atoms with van der Waals surface area (Å²) in [4.78, 5) is 24.9. The van der Waals surface area contributed by atoms with Crippen LogP contribution < -0.4 is 10.6 Å². The second kappa shape index (κ2) is 6.55. The van der Waals surface area contributed by atoms with Crippen molar-refractivity contribution in [3.63, 3.8) is 0 Å². The summed E-state index contributed by atoms with van der Waals surface area (Å²) >= 11 is 5.74. The fourth-order valence-electron chi connectivity index (χ4n) is 4.51. The molecule has 2 amide bonds. The molecule has 0 aliphatic heterocycles. The van der Waals surface area contributed by atoms with Gasteiger partial charge in [-0.05, 0) is 61.1 Å². The number of carbonyl (C=O) groups is 2. The Balaban J connectivity index is 1.35. The molecule has 0 heterocycles. The van der Waals surface area contributed by atoms with E-state index in [0.29, 0.717) is 24.9 Å². The summed E-state index contributed by atoms with van der Waals surface area (Å²) in [6.45, 7) is 1.86. The molecule has 3 aliphatic carbocycles. The van der Waals surface area contributed by atoms with Crippen molar-refractivity contribution in [1.82, 2.24) is 5.32 Å². The second-order valence-corrected chi connectivity index (χ2v) is 8.35. The topological polar surface area (TPSA) is 58.2 Å². The van der Waals surface area contributed by atoms with Crippen molar-refractivity contribution in [2.24, 2.45) is 11.3 Å². The van der Waals surface area contributed by atoms with Crippen molar-refractivity contribution in [3.05, 3.63) is 64.7 Å². The van der Waals surface area contributed by atoms with Crippen LogP contribution in [-0.2, 0) is 4.79 Å². The lowest BCUT2D eigenvalue weighted by molar-refractivity contribution is -0.184. The van der Waals surface area contributed by atoms with Gasteiger partial charge >= 0.3 is 0 Å². The fraction of sp³-hybridized carbons (Fsp3) is 0.333. The normalized spacial score (nSPS) is 25.9. The van der Waals surface area contributed by atoms with Crippen LogP contribution in [0.25, 0.3) is 0 Å². The lowest BCUT2D eigenvalue weighted by atomic mass is 9.36. The molecule has 28 heavy (non-hydrogen) atoms. The highest BCUT2D eigenvalue weighted by Crippen LogP contribution is 2.70. The lowest BCUT2D eigenvalue weighted by Crippen LogP contribution is -2.77. The molecule has 3 saturated carbocycles. The first-order chi connectivity index (χ1) is 13.2. The van der Waals surface area contributed by atoms with Gasteiger partial charge in [-0.2, -0.15) is 0 Å². The predicted octanol–water partition coefficient (Wildman–Crippen LogP) is 4.55. The molecule has 0 spiro atoms. The molecule has 4 nitrogen and oxygen atoms in total. The van der Waals surface area contributed by atoms with Crippen molar-refractivity contribution in [1.29, 1.82) is 0 Å². The predicted molar refractivity (Wildman–Crippen MR) is 102 cm³/mol. The first kappa shape index (κ1) is 18.9. The van der Waals surface area contributed by atoms with E-state index < -0.39 is 11.7 Å². The molecule has 1 atom stereocenters. The van der Waals surface area contributed by atoms with Gasteiger partial charge in [0.25, 0.3) is 5.91 Å². The van der Waals surface area contributed by atoms with Gasteiger partial charge in [-0.15, -0.1) is 0 Å². The van der Waals surface area contributed by atoms with E-state index in [1.165, 1.54) is 42.5 Å². The minimum Gasteiger partial charge on any atom is -0.346 e. The standard InChI is InChI=1S/C21H19ClF2N2O2/c1-12(18(27)25-14-7-5-13(23)6-8-14)20-9-21(10-20,11-20)26-19(28)15-3-2-4-16(22)17(15)24/h2-8,12H,9-11H2,1H3,(H,25,27)(H,26,28). The maximum atomic E-state index is 14.0. The molecule has 2 aromatic carbocycles. The average molecular weight is 405 g/mol. The Labute approximate surface area is 166 Å². The van der Waals surface area contributed by atoms with Crippen molar-refractivity contribution in [2.45, 2.75) is 31.7 Å². The van der Waals surface area contributed by atoms with Gasteiger partial charge in [-0.25, -0.2) is 8.78 Å². The number of hydrogen-bond donors (Lipinski definition) is 2. The van der Waals surface area contributed by atoms with Gasteiger partial charge in [0.2, 0.25) is 5.91 Å². The Morgan fingerprint density at radius 3 is 2.36 bits per heavy atom. The molecule has 0 aromatic heterocycles. The minimum absolute atomic E-state index is 0.0756. The van der Waals surface area contributed by atoms with Gasteiger partial charge in [-0.1, -0.05) is 24.6 Å². The van der Waals surface area contributed by atoms with E-state index in [9.17, 15) is 18.4 Å². The number of benzene rings is 2. The van der Waals surface area contributed by atoms with Gasteiger partial charge in [0.15, 0.2) is 5.82 Å². The van der Waals surface area contributed by atoms with Crippen molar-refractivity contribution < 1.29 is 18.4 Å². The zero-order chi connectivity index (χ0) is 20.1. The smallest absolute Gasteiger partial charge is 0.254 e. The Morgan fingerprint density at radius 1 is 1.07 bits per heavy atom. The molecule has 2 N–H and O–H groups in total. The molecule has 3 fully saturated rings. The Bertz CT molecular complexity index is 942. The number of halogens is 3. The van der Waals surface area contributed by atoms with Crippen LogP contribution in [0.3, 0.4) is 0 Å². The molecule has 2 bridgehead atoms. The molecule has 3 aliphatic rings. The maximum absolute atomic E-state index is 14.0. The molecule has 5 rings (SSSR count). The molecular weight excluding hydrogens is 386 g/mol. The Hall–Kier alpha value is -2.47. The van der Waals surface area contributed by atoms with E-state index in [1.54, 1.807) is 0 Å². The highest BCUT2D eigenvalue weighted by atomic mass is 35.5. The molecule has 2 aromatic rings. The van der Waals surface area contributed by atoms with Crippen LogP contribution in [0.2, 0.25) is 5.02 Å². The van der Waals surface area contributed by atoms with Crippen LogP contribution in [0.4, 0.5) is 14.5 Å². The van der Waals surface area contributed by atoms with Crippen LogP contribution in [0.5, 0.6) is 0 Å². The average Bonchev–Trinajstić information content (AvgIpc) is 2.60. The van der Waals surface area contributed by atoms with Crippen molar-refractivity contribution >= 4 is 29.1 Å². The summed E-state index contributed by atoms with van der Waals surface area (Å²) in [7, 11) is 0. The maximum Gasteiger partial charge on any atom is 0.254 e. The number of rotatable bonds is 5. The third kappa shape index (κ3) is 3.05. The van der Waals surface area contributed by atoms with Gasteiger partial charge in [-0.3, -0.25) is 9.59 Å². The van der Waals surface area contributed by atoms with Gasteiger partial charge < -0.3 is 10.6 Å². The minimum atomic E-state index is -0.727. The van der Waals surface area contributed by atoms with Gasteiger partial charge in [0.05, 0.1) is 10.6 Å². The summed E-state index contributed by atoms with van der Waals surface area (Å²) in [5, 5.41) is 5.62. The quantitative estimate of drug-likeness (QED) is 0.768. The zero-order valence-electron chi connectivity index (χ0n) is 15.2. The zero-order valence-corrected chi connectivity index (χ0v) is 15.9. The fourth-order valence-corrected chi connectivity index (χ4v) is 4.68. The van der Waals surface area contributed by atoms with Crippen molar-refractivity contribution in [3.8, 4) is 0 Å². The van der Waals surface area contributed by atoms with E-state index >= 15 is 0 Å². The van der Waals surface area contributed by atoms with Gasteiger partial charge in [0, 0.05) is 17.1 Å². The third-order valence-electron chi connectivity index (χ3n) is 6.07. The summed E-state index contributed by atoms with van der Waals surface area (Å²) < 4.78 is 27.0. The lowest BCUT2D eigenvalue weighted by Gasteiger charge is -2.72. The molecular formula is C21H19ClF2N2O2. The first-order valence-corrected chi connectivity index (χ1v) is 9.44. The van der Waals surface area contributed by atoms with E-state index in [2.05, 4.69) is 10.6 Å². The first-order valence-electron chi connectivity index (χ1n) is 9.07. The highest BCUT2D eigenvalue weighted by Gasteiger charge is 2.71. The molecule has 1 unspecified atom stereocenters. The highest BCUT2D eigenvalue weighted by molar-refractivity contribution is 6.31. The third-order valence-corrected chi connectivity index (χ3v) is 6.36. The van der Waals surface area contributed by atoms with Crippen LogP contribution in [-0.4, -0.2) is 17.4 Å². The molecule has 7 heteroatoms. The summed E-state index contributed by atoms with van der Waals surface area (Å²) in [6, 6.07) is 9.95. The summed E-state index contributed by atoms with van der Waals surface area (Å²) in [5.74, 6) is -1.96. The Morgan fingerprint density at radius 2 is 1.71 bits per heavy atom. The van der Waals surface area contributed by atoms with E-state index in [0.717, 1.165) is 0 Å². The number of amides is 2. The Kier molecular flexibility index (Phi) is 4.42. The SMILES string of the molecule is CC(C(=O)Nc1ccc(F)cc1)C12CC(NC(=O)c3cccc(Cl)c3F)(C1)C2. The van der Waals surface area contributed by atoms with Crippen LogP contribution in [0, 0.1) is 23.0 Å². The van der Waals surface area contributed by atoms with Crippen molar-refractivity contribution in [2.75, 3.05) is 5.32 Å². The largest absolute Gasteiger partial charge is 0.346 e. The van der Waals surface area contributed by atoms with Crippen LogP contribution in [0.15, 0.2) is 42.5 Å². The van der Waals surface area contributed by atoms with E-state index in [-0.39, 0.29) is 39.2 Å². The van der Waals surface area contributed by atoms with Gasteiger partial charge in [0.1, 0.15) is 5.82 Å². The monoisotopic (exact) mass is 404 g/mol. The molecule has 0 saturated heterocycles. The number of anilines is 1. The molecule has 0 radical (unpaired) electrons. The second-order valence-electron chi connectivity index (χ2n) is 7.95. The molecule has 146 valence electrons. The number of carbonyl (C=O) groups excluding carboxylic acids is 2. The summed E-state index contributed by atoms with van der Waals surface area (Å²) in [6.07, 6.45) is 2.02. The number of hydrogen-bond acceptors (Lipinski definition) is 2. The van der Waals surface area contributed by atoms with Crippen LogP contribution in [0.1, 0.15) is 36.5 Å².